The number of nitrogens with zero attached hydrogens (tertiary/aromatic N) is 1. The fourth-order valence-electron chi connectivity index (χ4n) is 1.38. The smallest absolute Gasteiger partial charge is 0.326 e. The Morgan fingerprint density at radius 1 is 1.53 bits per heavy atom. The summed E-state index contributed by atoms with van der Waals surface area (Å²) in [4.78, 5) is 27.5. The zero-order valence-electron chi connectivity index (χ0n) is 11.2. The van der Waals surface area contributed by atoms with E-state index in [1.807, 2.05) is 13.8 Å². The van der Waals surface area contributed by atoms with Crippen LogP contribution in [0.1, 0.15) is 47.8 Å². The summed E-state index contributed by atoms with van der Waals surface area (Å²) in [6, 6.07) is -0.909. The van der Waals surface area contributed by atoms with E-state index >= 15 is 0 Å². The lowest BCUT2D eigenvalue weighted by Crippen LogP contribution is -2.40. The minimum Gasteiger partial charge on any atom is -0.480 e. The molecule has 104 valence electrons. The lowest BCUT2D eigenvalue weighted by atomic mass is 10.2. The van der Waals surface area contributed by atoms with E-state index in [9.17, 15) is 9.59 Å². The Balaban J connectivity index is 2.72. The minimum absolute atomic E-state index is 0.254. The molecular formula is C13H18N2O3S. The molecule has 2 N–H and O–H groups in total. The van der Waals surface area contributed by atoms with Gasteiger partial charge in [0.1, 0.15) is 10.9 Å². The zero-order chi connectivity index (χ0) is 14.4. The van der Waals surface area contributed by atoms with Gasteiger partial charge in [0.25, 0.3) is 5.91 Å². The van der Waals surface area contributed by atoms with Gasteiger partial charge in [-0.05, 0) is 13.3 Å². The standard InChI is InChI=1S/C13H18N2O3S/c1-4-5-6-9(13(17)18)15-11(16)10-7-14-12(19-10)8(2)3/h4-5,7-9H,6H2,1-3H3,(H,15,16)(H,17,18)/b5-4+. The number of carboxylic acids is 1. The average molecular weight is 282 g/mol. The number of thiazole rings is 1. The van der Waals surface area contributed by atoms with E-state index in [0.29, 0.717) is 4.88 Å². The van der Waals surface area contributed by atoms with Crippen molar-refractivity contribution in [1.29, 1.82) is 0 Å². The second kappa shape index (κ2) is 7.04. The number of hydrogen-bond donors (Lipinski definition) is 2. The van der Waals surface area contributed by atoms with E-state index in [4.69, 9.17) is 5.11 Å². The number of hydrogen-bond acceptors (Lipinski definition) is 4. The van der Waals surface area contributed by atoms with Gasteiger partial charge >= 0.3 is 5.97 Å². The molecule has 1 aromatic rings. The van der Waals surface area contributed by atoms with E-state index < -0.39 is 12.0 Å². The van der Waals surface area contributed by atoms with Crippen LogP contribution in [0.25, 0.3) is 0 Å². The molecule has 1 atom stereocenters. The monoisotopic (exact) mass is 282 g/mol. The Kier molecular flexibility index (Phi) is 5.69. The van der Waals surface area contributed by atoms with Crippen molar-refractivity contribution >= 4 is 23.2 Å². The van der Waals surface area contributed by atoms with Gasteiger partial charge in [0.05, 0.1) is 11.2 Å². The van der Waals surface area contributed by atoms with Gasteiger partial charge in [0.2, 0.25) is 0 Å². The first-order chi connectivity index (χ1) is 8.95. The summed E-state index contributed by atoms with van der Waals surface area (Å²) < 4.78 is 0. The van der Waals surface area contributed by atoms with E-state index in [0.717, 1.165) is 5.01 Å². The summed E-state index contributed by atoms with van der Waals surface area (Å²) in [5.41, 5.74) is 0. The van der Waals surface area contributed by atoms with Crippen molar-refractivity contribution in [1.82, 2.24) is 10.3 Å². The fraction of sp³-hybridized carbons (Fsp3) is 0.462. The molecule has 0 spiro atoms. The number of aromatic nitrogens is 1. The number of amides is 1. The molecule has 1 aromatic heterocycles. The molecule has 0 aliphatic rings. The molecule has 0 aliphatic heterocycles. The van der Waals surface area contributed by atoms with Crippen LogP contribution in [0.4, 0.5) is 0 Å². The van der Waals surface area contributed by atoms with Gasteiger partial charge in [0.15, 0.2) is 0 Å². The number of allylic oxidation sites excluding steroid dienone is 1. The Morgan fingerprint density at radius 2 is 2.21 bits per heavy atom. The van der Waals surface area contributed by atoms with E-state index in [1.54, 1.807) is 19.1 Å². The highest BCUT2D eigenvalue weighted by Gasteiger charge is 2.21. The molecule has 0 radical (unpaired) electrons. The van der Waals surface area contributed by atoms with Crippen molar-refractivity contribution in [3.05, 3.63) is 28.2 Å². The maximum atomic E-state index is 11.9. The first-order valence-electron chi connectivity index (χ1n) is 6.06. The molecule has 0 aliphatic carbocycles. The number of nitrogens with one attached hydrogen (secondary N) is 1. The second-order valence-corrected chi connectivity index (χ2v) is 5.45. The molecular weight excluding hydrogens is 264 g/mol. The molecule has 0 saturated carbocycles. The van der Waals surface area contributed by atoms with Gasteiger partial charge in [-0.3, -0.25) is 4.79 Å². The lowest BCUT2D eigenvalue weighted by molar-refractivity contribution is -0.139. The van der Waals surface area contributed by atoms with Crippen molar-refractivity contribution in [2.45, 2.75) is 39.2 Å². The number of carboxylic acid groups (broad SMARTS) is 1. The quantitative estimate of drug-likeness (QED) is 0.785. The highest BCUT2D eigenvalue weighted by molar-refractivity contribution is 7.13. The molecule has 0 bridgehead atoms. The zero-order valence-corrected chi connectivity index (χ0v) is 12.0. The van der Waals surface area contributed by atoms with Crippen LogP contribution in [-0.4, -0.2) is 28.0 Å². The second-order valence-electron chi connectivity index (χ2n) is 4.39. The molecule has 1 rings (SSSR count). The van der Waals surface area contributed by atoms with Crippen molar-refractivity contribution in [3.63, 3.8) is 0 Å². The SMILES string of the molecule is C/C=C/CC(NC(=O)c1cnc(C(C)C)s1)C(=O)O. The van der Waals surface area contributed by atoms with Gasteiger partial charge < -0.3 is 10.4 Å². The van der Waals surface area contributed by atoms with Gasteiger partial charge in [-0.2, -0.15) is 0 Å². The number of aliphatic carboxylic acids is 1. The summed E-state index contributed by atoms with van der Waals surface area (Å²) in [6.45, 7) is 5.79. The summed E-state index contributed by atoms with van der Waals surface area (Å²) in [5.74, 6) is -1.17. The van der Waals surface area contributed by atoms with E-state index in [1.165, 1.54) is 17.5 Å². The van der Waals surface area contributed by atoms with E-state index in [-0.39, 0.29) is 18.2 Å². The van der Waals surface area contributed by atoms with Crippen molar-refractivity contribution in [3.8, 4) is 0 Å². The van der Waals surface area contributed by atoms with E-state index in [2.05, 4.69) is 10.3 Å². The maximum Gasteiger partial charge on any atom is 0.326 e. The Labute approximate surface area is 116 Å². The number of carbonyl (C=O) groups excluding carboxylic acids is 1. The Hall–Kier alpha value is -1.69. The van der Waals surface area contributed by atoms with Crippen LogP contribution in [0.15, 0.2) is 18.3 Å². The predicted octanol–water partition coefficient (Wildman–Crippen LogP) is 2.42. The van der Waals surface area contributed by atoms with Crippen molar-refractivity contribution in [2.24, 2.45) is 0 Å². The van der Waals surface area contributed by atoms with Gasteiger partial charge in [0, 0.05) is 5.92 Å². The third kappa shape index (κ3) is 4.48. The maximum absolute atomic E-state index is 11.9. The topological polar surface area (TPSA) is 79.3 Å². The molecule has 1 unspecified atom stereocenters. The normalized spacial score (nSPS) is 12.8. The summed E-state index contributed by atoms with van der Waals surface area (Å²) in [6.07, 6.45) is 5.23. The first-order valence-corrected chi connectivity index (χ1v) is 6.87. The predicted molar refractivity (Wildman–Crippen MR) is 74.5 cm³/mol. The van der Waals surface area contributed by atoms with Gasteiger partial charge in [-0.25, -0.2) is 9.78 Å². The third-order valence-corrected chi connectivity index (χ3v) is 3.75. The van der Waals surface area contributed by atoms with Crippen LogP contribution in [0.5, 0.6) is 0 Å². The molecule has 6 heteroatoms. The molecule has 0 fully saturated rings. The van der Waals surface area contributed by atoms with Crippen LogP contribution >= 0.6 is 11.3 Å². The van der Waals surface area contributed by atoms with Crippen LogP contribution in [0.2, 0.25) is 0 Å². The van der Waals surface area contributed by atoms with Gasteiger partial charge in [-0.1, -0.05) is 26.0 Å². The largest absolute Gasteiger partial charge is 0.480 e. The average Bonchev–Trinajstić information content (AvgIpc) is 2.83. The summed E-state index contributed by atoms with van der Waals surface area (Å²) >= 11 is 1.29. The molecule has 1 heterocycles. The van der Waals surface area contributed by atoms with Gasteiger partial charge in [-0.15, -0.1) is 11.3 Å². The van der Waals surface area contributed by atoms with Crippen LogP contribution < -0.4 is 5.32 Å². The number of rotatable bonds is 6. The Morgan fingerprint density at radius 3 is 2.68 bits per heavy atom. The molecule has 19 heavy (non-hydrogen) atoms. The van der Waals surface area contributed by atoms with Crippen molar-refractivity contribution < 1.29 is 14.7 Å². The molecule has 0 aromatic carbocycles. The molecule has 0 saturated heterocycles. The lowest BCUT2D eigenvalue weighted by Gasteiger charge is -2.11. The highest BCUT2D eigenvalue weighted by atomic mass is 32.1. The van der Waals surface area contributed by atoms with Crippen LogP contribution in [-0.2, 0) is 4.79 Å². The molecule has 5 nitrogen and oxygen atoms in total. The number of carbonyl (C=O) groups is 2. The highest BCUT2D eigenvalue weighted by Crippen LogP contribution is 2.21. The van der Waals surface area contributed by atoms with Crippen molar-refractivity contribution in [2.75, 3.05) is 0 Å². The third-order valence-electron chi connectivity index (χ3n) is 2.45. The van der Waals surface area contributed by atoms with Crippen LogP contribution in [0.3, 0.4) is 0 Å². The minimum atomic E-state index is -1.04. The van der Waals surface area contributed by atoms with Crippen LogP contribution in [0, 0.1) is 0 Å². The molecule has 1 amide bonds. The fourth-order valence-corrected chi connectivity index (χ4v) is 2.21. The summed E-state index contributed by atoms with van der Waals surface area (Å²) in [7, 11) is 0. The summed E-state index contributed by atoms with van der Waals surface area (Å²) in [5, 5.41) is 12.4. The Bertz CT molecular complexity index is 480. The first kappa shape index (κ1) is 15.4.